The van der Waals surface area contributed by atoms with Crippen LogP contribution in [0.3, 0.4) is 0 Å². The Morgan fingerprint density at radius 1 is 1.30 bits per heavy atom. The minimum absolute atomic E-state index is 0.398. The van der Waals surface area contributed by atoms with Crippen molar-refractivity contribution in [3.8, 4) is 0 Å². The van der Waals surface area contributed by atoms with Crippen LogP contribution in [0, 0.1) is 6.92 Å². The van der Waals surface area contributed by atoms with Crippen LogP contribution in [0.4, 0.5) is 5.95 Å². The lowest BCUT2D eigenvalue weighted by atomic mass is 9.87. The van der Waals surface area contributed by atoms with Crippen molar-refractivity contribution in [3.05, 3.63) is 47.3 Å². The quantitative estimate of drug-likeness (QED) is 0.914. The third-order valence-corrected chi connectivity index (χ3v) is 3.94. The molecule has 0 amide bonds. The van der Waals surface area contributed by atoms with Gasteiger partial charge >= 0.3 is 0 Å². The van der Waals surface area contributed by atoms with Gasteiger partial charge in [-0.1, -0.05) is 24.3 Å². The molecule has 1 aliphatic rings. The molecule has 20 heavy (non-hydrogen) atoms. The highest BCUT2D eigenvalue weighted by atomic mass is 15.2. The molecule has 106 valence electrons. The summed E-state index contributed by atoms with van der Waals surface area (Å²) in [5.74, 6) is 0.999. The number of fused-ring (bicyclic) bond motifs is 1. The maximum atomic E-state index is 4.65. The molecule has 3 heteroatoms. The zero-order valence-electron chi connectivity index (χ0n) is 12.6. The number of imidazole rings is 1. The largest absolute Gasteiger partial charge is 0.353 e. The summed E-state index contributed by atoms with van der Waals surface area (Å²) in [6.07, 6.45) is 5.82. The van der Waals surface area contributed by atoms with Crippen molar-refractivity contribution < 1.29 is 0 Å². The number of hydrogen-bond donors (Lipinski definition) is 1. The molecule has 1 heterocycles. The van der Waals surface area contributed by atoms with Crippen LogP contribution in [0.2, 0.25) is 0 Å². The van der Waals surface area contributed by atoms with Gasteiger partial charge in [0.1, 0.15) is 0 Å². The number of aromatic nitrogens is 2. The Bertz CT molecular complexity index is 598. The summed E-state index contributed by atoms with van der Waals surface area (Å²) in [7, 11) is 0. The van der Waals surface area contributed by atoms with E-state index in [2.05, 4.69) is 66.1 Å². The second-order valence-corrected chi connectivity index (χ2v) is 6.02. The number of anilines is 1. The first-order valence-corrected chi connectivity index (χ1v) is 7.55. The van der Waals surface area contributed by atoms with Gasteiger partial charge in [-0.05, 0) is 51.2 Å². The first-order chi connectivity index (χ1) is 9.65. The number of benzene rings is 1. The summed E-state index contributed by atoms with van der Waals surface area (Å²) in [5, 5.41) is 3.47. The molecule has 1 atom stereocenters. The minimum atomic E-state index is 0.398. The lowest BCUT2D eigenvalue weighted by Crippen LogP contribution is -2.21. The predicted octanol–water partition coefficient (Wildman–Crippen LogP) is 3.94. The van der Waals surface area contributed by atoms with E-state index in [-0.39, 0.29) is 0 Å². The number of rotatable bonds is 3. The maximum absolute atomic E-state index is 4.65. The van der Waals surface area contributed by atoms with Crippen molar-refractivity contribution in [2.75, 3.05) is 5.32 Å². The highest BCUT2D eigenvalue weighted by Crippen LogP contribution is 2.34. The molecule has 0 aliphatic heterocycles. The summed E-state index contributed by atoms with van der Waals surface area (Å²) < 4.78 is 2.33. The van der Waals surface area contributed by atoms with Gasteiger partial charge in [0.05, 0.1) is 11.7 Å². The Balaban J connectivity index is 2.02. The molecule has 0 fully saturated rings. The second-order valence-electron chi connectivity index (χ2n) is 6.02. The van der Waals surface area contributed by atoms with Gasteiger partial charge in [0.25, 0.3) is 0 Å². The van der Waals surface area contributed by atoms with E-state index in [1.54, 1.807) is 0 Å². The molecule has 1 unspecified atom stereocenters. The van der Waals surface area contributed by atoms with Gasteiger partial charge in [0.15, 0.2) is 0 Å². The molecule has 3 nitrogen and oxygen atoms in total. The topological polar surface area (TPSA) is 29.9 Å². The normalized spacial score (nSPS) is 18.1. The standard InChI is InChI=1S/C17H23N3/c1-12(2)18-17-19-13(3)11-20(17)16-10-6-8-14-7-4-5-9-15(14)16/h4-5,7,9,11-12,16H,6,8,10H2,1-3H3,(H,18,19). The Labute approximate surface area is 121 Å². The van der Waals surface area contributed by atoms with E-state index in [1.165, 1.54) is 30.4 Å². The Hall–Kier alpha value is -1.77. The van der Waals surface area contributed by atoms with E-state index in [9.17, 15) is 0 Å². The van der Waals surface area contributed by atoms with E-state index < -0.39 is 0 Å². The first kappa shape index (κ1) is 13.2. The van der Waals surface area contributed by atoms with Gasteiger partial charge in [-0.3, -0.25) is 0 Å². The molecule has 2 aromatic rings. The zero-order chi connectivity index (χ0) is 14.1. The van der Waals surface area contributed by atoms with Crippen molar-refractivity contribution in [2.24, 2.45) is 0 Å². The van der Waals surface area contributed by atoms with E-state index in [0.29, 0.717) is 12.1 Å². The number of nitrogens with one attached hydrogen (secondary N) is 1. The van der Waals surface area contributed by atoms with Crippen LogP contribution in [-0.4, -0.2) is 15.6 Å². The van der Waals surface area contributed by atoms with Crippen LogP contribution >= 0.6 is 0 Å². The van der Waals surface area contributed by atoms with E-state index in [1.807, 2.05) is 0 Å². The minimum Gasteiger partial charge on any atom is -0.353 e. The van der Waals surface area contributed by atoms with Crippen LogP contribution in [0.1, 0.15) is 49.6 Å². The zero-order valence-corrected chi connectivity index (χ0v) is 12.6. The fourth-order valence-corrected chi connectivity index (χ4v) is 3.14. The van der Waals surface area contributed by atoms with Crippen molar-refractivity contribution >= 4 is 5.95 Å². The monoisotopic (exact) mass is 269 g/mol. The van der Waals surface area contributed by atoms with Gasteiger partial charge in [-0.2, -0.15) is 0 Å². The summed E-state index contributed by atoms with van der Waals surface area (Å²) in [4.78, 5) is 4.65. The van der Waals surface area contributed by atoms with Crippen LogP contribution in [-0.2, 0) is 6.42 Å². The molecular formula is C17H23N3. The fraction of sp³-hybridized carbons (Fsp3) is 0.471. The number of nitrogens with zero attached hydrogens (tertiary/aromatic N) is 2. The smallest absolute Gasteiger partial charge is 0.203 e. The fourth-order valence-electron chi connectivity index (χ4n) is 3.14. The van der Waals surface area contributed by atoms with Gasteiger partial charge in [-0.25, -0.2) is 4.98 Å². The number of aryl methyl sites for hydroxylation is 2. The third-order valence-electron chi connectivity index (χ3n) is 3.94. The molecule has 0 radical (unpaired) electrons. The van der Waals surface area contributed by atoms with Crippen molar-refractivity contribution in [1.29, 1.82) is 0 Å². The summed E-state index contributed by atoms with van der Waals surface area (Å²) in [5.41, 5.74) is 4.03. The van der Waals surface area contributed by atoms with E-state index in [4.69, 9.17) is 0 Å². The van der Waals surface area contributed by atoms with Crippen LogP contribution < -0.4 is 5.32 Å². The SMILES string of the molecule is Cc1cn(C2CCCc3ccccc32)c(NC(C)C)n1. The van der Waals surface area contributed by atoms with Gasteiger partial charge in [0, 0.05) is 12.2 Å². The Kier molecular flexibility index (Phi) is 3.51. The summed E-state index contributed by atoms with van der Waals surface area (Å²) >= 11 is 0. The molecule has 0 saturated heterocycles. The highest BCUT2D eigenvalue weighted by Gasteiger charge is 2.23. The average Bonchev–Trinajstić information content (AvgIpc) is 2.78. The predicted molar refractivity (Wildman–Crippen MR) is 83.2 cm³/mol. The van der Waals surface area contributed by atoms with Crippen LogP contribution in [0.5, 0.6) is 0 Å². The molecule has 0 spiro atoms. The van der Waals surface area contributed by atoms with Crippen molar-refractivity contribution in [2.45, 2.75) is 52.1 Å². The van der Waals surface area contributed by atoms with Crippen molar-refractivity contribution in [1.82, 2.24) is 9.55 Å². The maximum Gasteiger partial charge on any atom is 0.203 e. The molecule has 1 N–H and O–H groups in total. The molecule has 1 aromatic heterocycles. The lowest BCUT2D eigenvalue weighted by molar-refractivity contribution is 0.492. The van der Waals surface area contributed by atoms with Crippen LogP contribution in [0.15, 0.2) is 30.5 Å². The molecule has 1 aromatic carbocycles. The Morgan fingerprint density at radius 2 is 2.10 bits per heavy atom. The van der Waals surface area contributed by atoms with Crippen LogP contribution in [0.25, 0.3) is 0 Å². The molecular weight excluding hydrogens is 246 g/mol. The van der Waals surface area contributed by atoms with E-state index >= 15 is 0 Å². The molecule has 0 saturated carbocycles. The van der Waals surface area contributed by atoms with Crippen molar-refractivity contribution in [3.63, 3.8) is 0 Å². The van der Waals surface area contributed by atoms with Gasteiger partial charge < -0.3 is 9.88 Å². The molecule has 1 aliphatic carbocycles. The highest BCUT2D eigenvalue weighted by molar-refractivity contribution is 5.38. The summed E-state index contributed by atoms with van der Waals surface area (Å²) in [6.45, 7) is 6.38. The van der Waals surface area contributed by atoms with E-state index in [0.717, 1.165) is 11.6 Å². The average molecular weight is 269 g/mol. The molecule has 0 bridgehead atoms. The third kappa shape index (κ3) is 2.45. The van der Waals surface area contributed by atoms with Gasteiger partial charge in [-0.15, -0.1) is 0 Å². The summed E-state index contributed by atoms with van der Waals surface area (Å²) in [6, 6.07) is 9.65. The number of hydrogen-bond acceptors (Lipinski definition) is 2. The lowest BCUT2D eigenvalue weighted by Gasteiger charge is -2.28. The van der Waals surface area contributed by atoms with Gasteiger partial charge in [0.2, 0.25) is 5.95 Å². The Morgan fingerprint density at radius 3 is 2.90 bits per heavy atom. The second kappa shape index (κ2) is 5.31. The molecule has 3 rings (SSSR count). The first-order valence-electron chi connectivity index (χ1n) is 7.55.